The average molecular weight is 494 g/mol. The minimum atomic E-state index is -0.474. The molecule has 190 valence electrons. The van der Waals surface area contributed by atoms with Gasteiger partial charge in [0.25, 0.3) is 0 Å². The summed E-state index contributed by atoms with van der Waals surface area (Å²) in [5, 5.41) is 8.54. The van der Waals surface area contributed by atoms with Crippen LogP contribution in [0.15, 0.2) is 48.7 Å². The number of nitrogens with zero attached hydrogens (tertiary/aromatic N) is 4. The minimum Gasteiger partial charge on any atom is -0.397 e. The van der Waals surface area contributed by atoms with E-state index in [9.17, 15) is 8.78 Å². The smallest absolute Gasteiger partial charge is 0.130 e. The second-order valence-corrected chi connectivity index (χ2v) is 9.42. The van der Waals surface area contributed by atoms with Crippen molar-refractivity contribution in [2.45, 2.75) is 18.9 Å². The first-order valence-electron chi connectivity index (χ1n) is 12.0. The first-order valence-corrected chi connectivity index (χ1v) is 12.0. The maximum atomic E-state index is 14.3. The molecule has 1 saturated heterocycles. The monoisotopic (exact) mass is 493 g/mol. The van der Waals surface area contributed by atoms with Gasteiger partial charge in [0, 0.05) is 37.8 Å². The maximum Gasteiger partial charge on any atom is 0.130 e. The molecule has 1 fully saturated rings. The molecule has 1 aliphatic heterocycles. The summed E-state index contributed by atoms with van der Waals surface area (Å²) in [7, 11) is 6.10. The number of aromatic amines is 1. The molecule has 4 N–H and O–H groups in total. The minimum absolute atomic E-state index is 0.233. The van der Waals surface area contributed by atoms with E-state index in [4.69, 9.17) is 11.1 Å². The van der Waals surface area contributed by atoms with Gasteiger partial charge in [-0.2, -0.15) is 0 Å². The summed E-state index contributed by atoms with van der Waals surface area (Å²) in [6, 6.07) is 9.01. The van der Waals surface area contributed by atoms with E-state index < -0.39 is 11.6 Å². The molecule has 3 aromatic rings. The van der Waals surface area contributed by atoms with Crippen LogP contribution in [0.25, 0.3) is 17.3 Å². The molecule has 1 aliphatic rings. The largest absolute Gasteiger partial charge is 0.397 e. The summed E-state index contributed by atoms with van der Waals surface area (Å²) in [5.41, 5.74) is 9.98. The van der Waals surface area contributed by atoms with Gasteiger partial charge in [-0.05, 0) is 69.4 Å². The van der Waals surface area contributed by atoms with E-state index in [1.54, 1.807) is 23.2 Å². The average Bonchev–Trinajstić information content (AvgIpc) is 3.53. The number of rotatable bonds is 8. The van der Waals surface area contributed by atoms with Crippen LogP contribution in [0.1, 0.15) is 30.3 Å². The first kappa shape index (κ1) is 25.4. The number of H-pyrrole nitrogens is 1. The lowest BCUT2D eigenvalue weighted by atomic mass is 10.0. The van der Waals surface area contributed by atoms with Crippen LogP contribution in [-0.2, 0) is 0 Å². The molecule has 7 nitrogen and oxygen atoms in total. The van der Waals surface area contributed by atoms with Gasteiger partial charge in [-0.3, -0.25) is 5.41 Å². The zero-order valence-corrected chi connectivity index (χ0v) is 20.9. The summed E-state index contributed by atoms with van der Waals surface area (Å²) in [4.78, 5) is 13.8. The summed E-state index contributed by atoms with van der Waals surface area (Å²) < 4.78 is 28.1. The molecular weight excluding hydrogens is 460 g/mol. The Hall–Kier alpha value is -3.72. The van der Waals surface area contributed by atoms with Crippen molar-refractivity contribution in [2.24, 2.45) is 0 Å². The van der Waals surface area contributed by atoms with Crippen LogP contribution in [0.4, 0.5) is 20.2 Å². The molecule has 2 heterocycles. The van der Waals surface area contributed by atoms with E-state index in [0.29, 0.717) is 30.0 Å². The van der Waals surface area contributed by atoms with Crippen LogP contribution >= 0.6 is 0 Å². The highest BCUT2D eigenvalue weighted by molar-refractivity contribution is 5.94. The molecule has 0 radical (unpaired) electrons. The number of likely N-dealkylation sites (N-methyl/N-ethyl adjacent to an activating group) is 2. The normalized spacial score (nSPS) is 15.8. The van der Waals surface area contributed by atoms with Gasteiger partial charge >= 0.3 is 0 Å². The lowest BCUT2D eigenvalue weighted by molar-refractivity contribution is 0.385. The molecule has 1 atom stereocenters. The van der Waals surface area contributed by atoms with Crippen molar-refractivity contribution in [2.75, 3.05) is 51.4 Å². The van der Waals surface area contributed by atoms with Crippen LogP contribution in [0.2, 0.25) is 0 Å². The summed E-state index contributed by atoms with van der Waals surface area (Å²) >= 11 is 0. The second kappa shape index (κ2) is 10.9. The number of nitrogens with one attached hydrogen (secondary N) is 2. The van der Waals surface area contributed by atoms with Gasteiger partial charge in [-0.1, -0.05) is 6.07 Å². The van der Waals surface area contributed by atoms with Crippen LogP contribution < -0.4 is 10.6 Å². The third kappa shape index (κ3) is 5.73. The molecule has 0 saturated carbocycles. The molecule has 36 heavy (non-hydrogen) atoms. The number of halogens is 2. The quantitative estimate of drug-likeness (QED) is 0.239. The van der Waals surface area contributed by atoms with Crippen LogP contribution in [0.5, 0.6) is 0 Å². The standard InChI is InChI=1S/C27H33F2N7/c1-34(2)13-14-35(3)25-15-18(6-9-22(25)30)23-17-32-27(33-23)11-10-26(31)36-12-4-5-24(36)20-16-19(28)7-8-21(20)29/h6-11,15-17,24,31H,4-5,12-14,30H2,1-3H3,(H,32,33)/b11-10-,31-26?. The molecule has 1 aromatic heterocycles. The Kier molecular flexibility index (Phi) is 7.69. The highest BCUT2D eigenvalue weighted by Gasteiger charge is 2.29. The number of anilines is 2. The number of aromatic nitrogens is 2. The van der Waals surface area contributed by atoms with E-state index in [1.165, 1.54) is 6.07 Å². The lowest BCUT2D eigenvalue weighted by Gasteiger charge is -2.26. The van der Waals surface area contributed by atoms with Crippen molar-refractivity contribution in [3.8, 4) is 11.3 Å². The molecule has 0 aliphatic carbocycles. The Bertz CT molecular complexity index is 1250. The fourth-order valence-corrected chi connectivity index (χ4v) is 4.48. The zero-order chi connectivity index (χ0) is 25.8. The number of amidine groups is 1. The van der Waals surface area contributed by atoms with Crippen LogP contribution in [0, 0.1) is 17.0 Å². The Morgan fingerprint density at radius 1 is 1.19 bits per heavy atom. The molecule has 0 amide bonds. The van der Waals surface area contributed by atoms with Gasteiger partial charge in [0.2, 0.25) is 0 Å². The maximum absolute atomic E-state index is 14.3. The topological polar surface area (TPSA) is 88.3 Å². The SMILES string of the molecule is CN(C)CCN(C)c1cc(-c2cnc(/C=C\C(=N)N3CCCC3c3cc(F)ccc3F)[nH]2)ccc1N. The Labute approximate surface area is 210 Å². The summed E-state index contributed by atoms with van der Waals surface area (Å²) in [5.74, 6) is -0.0905. The number of nitrogens with two attached hydrogens (primary N) is 1. The van der Waals surface area contributed by atoms with Gasteiger partial charge in [0.1, 0.15) is 23.3 Å². The second-order valence-electron chi connectivity index (χ2n) is 9.42. The summed E-state index contributed by atoms with van der Waals surface area (Å²) in [6.45, 7) is 2.37. The molecule has 0 spiro atoms. The first-order chi connectivity index (χ1) is 17.2. The third-order valence-corrected chi connectivity index (χ3v) is 6.51. The number of benzene rings is 2. The molecular formula is C27H33F2N7. The van der Waals surface area contributed by atoms with E-state index in [1.807, 2.05) is 39.3 Å². The molecule has 4 rings (SSSR count). The van der Waals surface area contributed by atoms with Gasteiger partial charge in [0.05, 0.1) is 29.3 Å². The predicted octanol–water partition coefficient (Wildman–Crippen LogP) is 4.76. The lowest BCUT2D eigenvalue weighted by Crippen LogP contribution is -2.29. The number of imidazole rings is 1. The van der Waals surface area contributed by atoms with Crippen molar-refractivity contribution >= 4 is 23.3 Å². The Morgan fingerprint density at radius 3 is 2.78 bits per heavy atom. The van der Waals surface area contributed by atoms with Crippen molar-refractivity contribution in [1.82, 2.24) is 19.8 Å². The Morgan fingerprint density at radius 2 is 2.00 bits per heavy atom. The number of likely N-dealkylation sites (tertiary alicyclic amines) is 1. The van der Waals surface area contributed by atoms with Gasteiger partial charge in [0.15, 0.2) is 0 Å². The molecule has 2 aromatic carbocycles. The van der Waals surface area contributed by atoms with E-state index in [-0.39, 0.29) is 11.9 Å². The van der Waals surface area contributed by atoms with Crippen molar-refractivity contribution in [3.63, 3.8) is 0 Å². The molecule has 0 bridgehead atoms. The van der Waals surface area contributed by atoms with E-state index >= 15 is 0 Å². The summed E-state index contributed by atoms with van der Waals surface area (Å²) in [6.07, 6.45) is 6.60. The predicted molar refractivity (Wildman–Crippen MR) is 142 cm³/mol. The van der Waals surface area contributed by atoms with Gasteiger partial charge in [-0.25, -0.2) is 13.8 Å². The highest BCUT2D eigenvalue weighted by atomic mass is 19.1. The van der Waals surface area contributed by atoms with E-state index in [2.05, 4.69) is 19.8 Å². The van der Waals surface area contributed by atoms with Crippen LogP contribution in [-0.4, -0.2) is 66.4 Å². The number of hydrogen-bond donors (Lipinski definition) is 3. The molecule has 9 heteroatoms. The number of nitrogen functional groups attached to an aromatic ring is 1. The zero-order valence-electron chi connectivity index (χ0n) is 20.9. The third-order valence-electron chi connectivity index (χ3n) is 6.51. The molecule has 1 unspecified atom stereocenters. The van der Waals surface area contributed by atoms with E-state index in [0.717, 1.165) is 48.6 Å². The van der Waals surface area contributed by atoms with Gasteiger partial charge < -0.3 is 25.4 Å². The Balaban J connectivity index is 1.47. The fraction of sp³-hybridized carbons (Fsp3) is 0.333. The van der Waals surface area contributed by atoms with Gasteiger partial charge in [-0.15, -0.1) is 0 Å². The number of hydrogen-bond acceptors (Lipinski definition) is 5. The van der Waals surface area contributed by atoms with Crippen molar-refractivity contribution in [3.05, 3.63) is 71.7 Å². The highest BCUT2D eigenvalue weighted by Crippen LogP contribution is 2.34. The van der Waals surface area contributed by atoms with Crippen molar-refractivity contribution < 1.29 is 8.78 Å². The van der Waals surface area contributed by atoms with Crippen molar-refractivity contribution in [1.29, 1.82) is 5.41 Å². The fourth-order valence-electron chi connectivity index (χ4n) is 4.48. The van der Waals surface area contributed by atoms with Crippen LogP contribution in [0.3, 0.4) is 0 Å².